The molecule has 2 rings (SSSR count). The van der Waals surface area contributed by atoms with Crippen LogP contribution in [-0.2, 0) is 16.0 Å². The standard InChI is InChI=1S/C12H17N3O2S/c1-3-9-8(6-5-7-17-9)11(16)13-12-15-14-10(4-2)18-12/h3-7H2,1-2H3,(H,13,15,16). The second-order valence-corrected chi connectivity index (χ2v) is 5.08. The summed E-state index contributed by atoms with van der Waals surface area (Å²) < 4.78 is 5.51. The van der Waals surface area contributed by atoms with Crippen LogP contribution in [0.3, 0.4) is 0 Å². The number of hydrogen-bond acceptors (Lipinski definition) is 5. The Morgan fingerprint density at radius 2 is 2.22 bits per heavy atom. The van der Waals surface area contributed by atoms with Crippen molar-refractivity contribution in [1.82, 2.24) is 10.2 Å². The molecule has 0 aliphatic carbocycles. The Labute approximate surface area is 110 Å². The molecule has 5 nitrogen and oxygen atoms in total. The fraction of sp³-hybridized carbons (Fsp3) is 0.583. The van der Waals surface area contributed by atoms with Gasteiger partial charge in [0.05, 0.1) is 12.2 Å². The Hall–Kier alpha value is -1.43. The molecule has 0 unspecified atom stereocenters. The molecule has 18 heavy (non-hydrogen) atoms. The van der Waals surface area contributed by atoms with Crippen molar-refractivity contribution >= 4 is 22.4 Å². The maximum absolute atomic E-state index is 12.1. The van der Waals surface area contributed by atoms with E-state index in [1.165, 1.54) is 11.3 Å². The molecule has 0 bridgehead atoms. The van der Waals surface area contributed by atoms with Crippen molar-refractivity contribution in [2.24, 2.45) is 0 Å². The summed E-state index contributed by atoms with van der Waals surface area (Å²) in [5.74, 6) is 0.698. The van der Waals surface area contributed by atoms with Crippen LogP contribution in [0.1, 0.15) is 38.1 Å². The Morgan fingerprint density at radius 1 is 1.39 bits per heavy atom. The number of allylic oxidation sites excluding steroid dienone is 1. The third kappa shape index (κ3) is 2.87. The van der Waals surface area contributed by atoms with E-state index >= 15 is 0 Å². The summed E-state index contributed by atoms with van der Waals surface area (Å²) in [7, 11) is 0. The van der Waals surface area contributed by atoms with Gasteiger partial charge in [-0.2, -0.15) is 0 Å². The zero-order valence-corrected chi connectivity index (χ0v) is 11.5. The zero-order chi connectivity index (χ0) is 13.0. The highest BCUT2D eigenvalue weighted by molar-refractivity contribution is 7.15. The molecule has 0 atom stereocenters. The van der Waals surface area contributed by atoms with E-state index in [4.69, 9.17) is 4.74 Å². The van der Waals surface area contributed by atoms with Crippen molar-refractivity contribution in [3.8, 4) is 0 Å². The lowest BCUT2D eigenvalue weighted by Crippen LogP contribution is -2.20. The van der Waals surface area contributed by atoms with E-state index in [-0.39, 0.29) is 5.91 Å². The summed E-state index contributed by atoms with van der Waals surface area (Å²) in [6.45, 7) is 4.71. The molecule has 0 saturated carbocycles. The number of hydrogen-bond donors (Lipinski definition) is 1. The number of carbonyl (C=O) groups excluding carboxylic acids is 1. The molecule has 1 aromatic rings. The SMILES string of the molecule is CCC1=C(C(=O)Nc2nnc(CC)s2)CCCO1. The van der Waals surface area contributed by atoms with E-state index < -0.39 is 0 Å². The first-order valence-electron chi connectivity index (χ1n) is 6.23. The highest BCUT2D eigenvalue weighted by atomic mass is 32.1. The molecule has 0 spiro atoms. The summed E-state index contributed by atoms with van der Waals surface area (Å²) in [6, 6.07) is 0. The lowest BCUT2D eigenvalue weighted by Gasteiger charge is -2.19. The Bertz CT molecular complexity index is 468. The van der Waals surface area contributed by atoms with Gasteiger partial charge in [0.15, 0.2) is 0 Å². The summed E-state index contributed by atoms with van der Waals surface area (Å²) >= 11 is 1.42. The third-order valence-electron chi connectivity index (χ3n) is 2.77. The van der Waals surface area contributed by atoms with Gasteiger partial charge in [-0.15, -0.1) is 10.2 Å². The van der Waals surface area contributed by atoms with Gasteiger partial charge in [0, 0.05) is 6.42 Å². The van der Waals surface area contributed by atoms with Gasteiger partial charge in [0.1, 0.15) is 10.8 Å². The first kappa shape index (κ1) is 13.0. The molecule has 0 fully saturated rings. The highest BCUT2D eigenvalue weighted by Gasteiger charge is 2.20. The predicted molar refractivity (Wildman–Crippen MR) is 70.4 cm³/mol. The van der Waals surface area contributed by atoms with Crippen molar-refractivity contribution in [3.63, 3.8) is 0 Å². The number of nitrogens with one attached hydrogen (secondary N) is 1. The van der Waals surface area contributed by atoms with Crippen molar-refractivity contribution < 1.29 is 9.53 Å². The van der Waals surface area contributed by atoms with E-state index in [9.17, 15) is 4.79 Å². The van der Waals surface area contributed by atoms with Crippen molar-refractivity contribution in [2.75, 3.05) is 11.9 Å². The van der Waals surface area contributed by atoms with E-state index in [1.54, 1.807) is 0 Å². The lowest BCUT2D eigenvalue weighted by atomic mass is 10.0. The molecule has 6 heteroatoms. The number of anilines is 1. The smallest absolute Gasteiger partial charge is 0.256 e. The van der Waals surface area contributed by atoms with E-state index in [1.807, 2.05) is 13.8 Å². The number of aryl methyl sites for hydroxylation is 1. The molecule has 1 amide bonds. The van der Waals surface area contributed by atoms with Crippen LogP contribution in [0.4, 0.5) is 5.13 Å². The topological polar surface area (TPSA) is 64.1 Å². The zero-order valence-electron chi connectivity index (χ0n) is 10.7. The van der Waals surface area contributed by atoms with Crippen LogP contribution in [0.15, 0.2) is 11.3 Å². The number of rotatable bonds is 4. The van der Waals surface area contributed by atoms with Crippen LogP contribution in [0.25, 0.3) is 0 Å². The van der Waals surface area contributed by atoms with Crippen molar-refractivity contribution in [2.45, 2.75) is 39.5 Å². The van der Waals surface area contributed by atoms with Gasteiger partial charge in [-0.1, -0.05) is 25.2 Å². The second-order valence-electron chi connectivity index (χ2n) is 4.02. The second kappa shape index (κ2) is 5.95. The maximum Gasteiger partial charge on any atom is 0.256 e. The molecule has 0 radical (unpaired) electrons. The van der Waals surface area contributed by atoms with E-state index in [0.29, 0.717) is 11.7 Å². The quantitative estimate of drug-likeness (QED) is 0.910. The van der Waals surface area contributed by atoms with Crippen LogP contribution in [0, 0.1) is 0 Å². The highest BCUT2D eigenvalue weighted by Crippen LogP contribution is 2.24. The van der Waals surface area contributed by atoms with Gasteiger partial charge >= 0.3 is 0 Å². The average Bonchev–Trinajstić information content (AvgIpc) is 2.86. The number of carbonyl (C=O) groups is 1. The molecular formula is C12H17N3O2S. The van der Waals surface area contributed by atoms with Gasteiger partial charge in [-0.05, 0) is 19.3 Å². The van der Waals surface area contributed by atoms with Crippen molar-refractivity contribution in [1.29, 1.82) is 0 Å². The number of amides is 1. The fourth-order valence-corrected chi connectivity index (χ4v) is 2.52. The number of ether oxygens (including phenoxy) is 1. The number of aromatic nitrogens is 2. The van der Waals surface area contributed by atoms with Crippen LogP contribution in [-0.4, -0.2) is 22.7 Å². The van der Waals surface area contributed by atoms with Gasteiger partial charge in [-0.25, -0.2) is 0 Å². The molecule has 0 saturated heterocycles. The molecular weight excluding hydrogens is 250 g/mol. The number of nitrogens with zero attached hydrogens (tertiary/aromatic N) is 2. The predicted octanol–water partition coefficient (Wildman–Crippen LogP) is 2.51. The van der Waals surface area contributed by atoms with Gasteiger partial charge in [0.2, 0.25) is 5.13 Å². The monoisotopic (exact) mass is 267 g/mol. The van der Waals surface area contributed by atoms with E-state index in [0.717, 1.165) is 42.0 Å². The summed E-state index contributed by atoms with van der Waals surface area (Å²) in [5, 5.41) is 12.2. The van der Waals surface area contributed by atoms with Crippen molar-refractivity contribution in [3.05, 3.63) is 16.3 Å². The fourth-order valence-electron chi connectivity index (χ4n) is 1.85. The molecule has 0 aromatic carbocycles. The third-order valence-corrected chi connectivity index (χ3v) is 3.75. The molecule has 1 N–H and O–H groups in total. The summed E-state index contributed by atoms with van der Waals surface area (Å²) in [6.07, 6.45) is 3.25. The Balaban J connectivity index is 2.09. The summed E-state index contributed by atoms with van der Waals surface area (Å²) in [5.41, 5.74) is 0.747. The molecule has 1 aromatic heterocycles. The molecule has 98 valence electrons. The van der Waals surface area contributed by atoms with Gasteiger partial charge < -0.3 is 4.74 Å². The average molecular weight is 267 g/mol. The lowest BCUT2D eigenvalue weighted by molar-refractivity contribution is -0.113. The maximum atomic E-state index is 12.1. The Morgan fingerprint density at radius 3 is 2.89 bits per heavy atom. The summed E-state index contributed by atoms with van der Waals surface area (Å²) in [4.78, 5) is 12.1. The molecule has 1 aliphatic heterocycles. The van der Waals surface area contributed by atoms with Crippen LogP contribution in [0.5, 0.6) is 0 Å². The van der Waals surface area contributed by atoms with E-state index in [2.05, 4.69) is 15.5 Å². The van der Waals surface area contributed by atoms with Gasteiger partial charge in [-0.3, -0.25) is 10.1 Å². The largest absolute Gasteiger partial charge is 0.497 e. The minimum atomic E-state index is -0.106. The van der Waals surface area contributed by atoms with Crippen LogP contribution >= 0.6 is 11.3 Å². The molecule has 1 aliphatic rings. The van der Waals surface area contributed by atoms with Crippen LogP contribution < -0.4 is 5.32 Å². The molecule has 2 heterocycles. The first-order chi connectivity index (χ1) is 8.74. The normalized spacial score (nSPS) is 15.4. The van der Waals surface area contributed by atoms with Crippen LogP contribution in [0.2, 0.25) is 0 Å². The Kier molecular flexibility index (Phi) is 4.30. The minimum Gasteiger partial charge on any atom is -0.497 e. The van der Waals surface area contributed by atoms with Gasteiger partial charge in [0.25, 0.3) is 5.91 Å². The minimum absolute atomic E-state index is 0.106. The first-order valence-corrected chi connectivity index (χ1v) is 7.04.